The van der Waals surface area contributed by atoms with Gasteiger partial charge in [-0.25, -0.2) is 0 Å². The molecule has 0 radical (unpaired) electrons. The van der Waals surface area contributed by atoms with Crippen molar-refractivity contribution in [2.24, 2.45) is 4.99 Å². The van der Waals surface area contributed by atoms with Gasteiger partial charge < -0.3 is 20.5 Å². The molecular weight excluding hydrogens is 296 g/mol. The zero-order chi connectivity index (χ0) is 17.7. The molecule has 1 amide bonds. The van der Waals surface area contributed by atoms with Crippen LogP contribution >= 0.6 is 0 Å². The number of hydrogen-bond acceptors (Lipinski definition) is 5. The molecule has 23 heavy (non-hydrogen) atoms. The lowest BCUT2D eigenvalue weighted by Crippen LogP contribution is -2.48. The molecule has 1 heterocycles. The van der Waals surface area contributed by atoms with Gasteiger partial charge in [0.05, 0.1) is 13.1 Å². The number of nitrogens with zero attached hydrogens (tertiary/aromatic N) is 3. The van der Waals surface area contributed by atoms with Crippen LogP contribution in [0.2, 0.25) is 0 Å². The van der Waals surface area contributed by atoms with Crippen molar-refractivity contribution in [1.82, 2.24) is 26.1 Å². The second-order valence-electron chi connectivity index (χ2n) is 7.34. The predicted octanol–water partition coefficient (Wildman–Crippen LogP) is 0.947. The quantitative estimate of drug-likeness (QED) is 0.562. The second kappa shape index (κ2) is 7.43. The number of carbonyl (C=O) groups is 1. The second-order valence-corrected chi connectivity index (χ2v) is 7.34. The molecule has 3 N–H and O–H groups in total. The summed E-state index contributed by atoms with van der Waals surface area (Å²) in [4.78, 5) is 20.2. The Balaban J connectivity index is 2.46. The standard InChI is InChI=1S/C15H28N6O2/c1-14(2,3)12-19-10(21-23-12)8-17-13(16-7)18-9-11(22)20-15(4,5)6/h8-9H2,1-7H3,(H,20,22)(H2,16,17,18). The van der Waals surface area contributed by atoms with E-state index in [4.69, 9.17) is 4.52 Å². The Bertz CT molecular complexity index is 551. The Morgan fingerprint density at radius 3 is 2.30 bits per heavy atom. The van der Waals surface area contributed by atoms with Gasteiger partial charge in [-0.2, -0.15) is 4.98 Å². The van der Waals surface area contributed by atoms with Crippen LogP contribution in [0.15, 0.2) is 9.52 Å². The lowest BCUT2D eigenvalue weighted by molar-refractivity contribution is -0.121. The van der Waals surface area contributed by atoms with E-state index in [0.717, 1.165) is 0 Å². The van der Waals surface area contributed by atoms with Crippen molar-refractivity contribution in [1.29, 1.82) is 0 Å². The number of aliphatic imine (C=N–C) groups is 1. The highest BCUT2D eigenvalue weighted by Gasteiger charge is 2.21. The fourth-order valence-electron chi connectivity index (χ4n) is 1.64. The third-order valence-corrected chi connectivity index (χ3v) is 2.68. The van der Waals surface area contributed by atoms with Crippen molar-refractivity contribution < 1.29 is 9.32 Å². The van der Waals surface area contributed by atoms with E-state index >= 15 is 0 Å². The van der Waals surface area contributed by atoms with E-state index in [1.54, 1.807) is 7.05 Å². The fraction of sp³-hybridized carbons (Fsp3) is 0.733. The van der Waals surface area contributed by atoms with Gasteiger partial charge in [-0.05, 0) is 20.8 Å². The summed E-state index contributed by atoms with van der Waals surface area (Å²) in [6.07, 6.45) is 0. The van der Waals surface area contributed by atoms with Crippen LogP contribution in [-0.4, -0.2) is 41.1 Å². The molecule has 1 aromatic rings. The number of nitrogens with one attached hydrogen (secondary N) is 3. The number of hydrogen-bond donors (Lipinski definition) is 3. The summed E-state index contributed by atoms with van der Waals surface area (Å²) in [6, 6.07) is 0. The average molecular weight is 324 g/mol. The molecule has 0 fully saturated rings. The van der Waals surface area contributed by atoms with Crippen molar-refractivity contribution in [3.05, 3.63) is 11.7 Å². The molecule has 8 heteroatoms. The first-order valence-electron chi connectivity index (χ1n) is 7.60. The third kappa shape index (κ3) is 7.12. The summed E-state index contributed by atoms with van der Waals surface area (Å²) in [7, 11) is 1.63. The molecule has 0 spiro atoms. The zero-order valence-electron chi connectivity index (χ0n) is 15.1. The van der Waals surface area contributed by atoms with Gasteiger partial charge in [0.2, 0.25) is 11.8 Å². The summed E-state index contributed by atoms with van der Waals surface area (Å²) >= 11 is 0. The highest BCUT2D eigenvalue weighted by Crippen LogP contribution is 2.19. The highest BCUT2D eigenvalue weighted by atomic mass is 16.5. The minimum atomic E-state index is -0.260. The number of guanidine groups is 1. The molecule has 0 saturated heterocycles. The monoisotopic (exact) mass is 324 g/mol. The first kappa shape index (κ1) is 18.9. The Morgan fingerprint density at radius 2 is 1.83 bits per heavy atom. The van der Waals surface area contributed by atoms with Gasteiger partial charge in [-0.15, -0.1) is 0 Å². The van der Waals surface area contributed by atoms with Gasteiger partial charge in [0.1, 0.15) is 0 Å². The number of aromatic nitrogens is 2. The van der Waals surface area contributed by atoms with E-state index in [2.05, 4.69) is 31.1 Å². The smallest absolute Gasteiger partial charge is 0.239 e. The lowest BCUT2D eigenvalue weighted by Gasteiger charge is -2.21. The van der Waals surface area contributed by atoms with Crippen molar-refractivity contribution >= 4 is 11.9 Å². The van der Waals surface area contributed by atoms with Gasteiger partial charge >= 0.3 is 0 Å². The fourth-order valence-corrected chi connectivity index (χ4v) is 1.64. The maximum atomic E-state index is 11.8. The van der Waals surface area contributed by atoms with Crippen LogP contribution in [-0.2, 0) is 16.8 Å². The Kier molecular flexibility index (Phi) is 6.12. The van der Waals surface area contributed by atoms with E-state index in [-0.39, 0.29) is 23.4 Å². The van der Waals surface area contributed by atoms with Crippen LogP contribution in [0, 0.1) is 0 Å². The van der Waals surface area contributed by atoms with Crippen molar-refractivity contribution in [3.8, 4) is 0 Å². The summed E-state index contributed by atoms with van der Waals surface area (Å²) in [5, 5.41) is 12.8. The molecule has 0 bridgehead atoms. The molecule has 1 aromatic heterocycles. The van der Waals surface area contributed by atoms with Gasteiger partial charge in [-0.1, -0.05) is 25.9 Å². The Morgan fingerprint density at radius 1 is 1.17 bits per heavy atom. The molecule has 0 saturated carbocycles. The molecular formula is C15H28N6O2. The maximum Gasteiger partial charge on any atom is 0.239 e. The average Bonchev–Trinajstić information content (AvgIpc) is 2.85. The first-order chi connectivity index (χ1) is 10.5. The molecule has 0 aliphatic carbocycles. The van der Waals surface area contributed by atoms with E-state index in [9.17, 15) is 4.79 Å². The van der Waals surface area contributed by atoms with Crippen LogP contribution in [0.1, 0.15) is 53.3 Å². The SMILES string of the molecule is CN=C(NCC(=O)NC(C)(C)C)NCc1noc(C(C)(C)C)n1. The topological polar surface area (TPSA) is 104 Å². The molecule has 130 valence electrons. The van der Waals surface area contributed by atoms with Gasteiger partial charge in [0, 0.05) is 18.0 Å². The van der Waals surface area contributed by atoms with Crippen molar-refractivity contribution in [2.45, 2.75) is 59.0 Å². The molecule has 8 nitrogen and oxygen atoms in total. The van der Waals surface area contributed by atoms with Crippen LogP contribution in [0.3, 0.4) is 0 Å². The van der Waals surface area contributed by atoms with Gasteiger partial charge in [-0.3, -0.25) is 9.79 Å². The Labute approximate surface area is 137 Å². The summed E-state index contributed by atoms with van der Waals surface area (Å²) in [5.41, 5.74) is -0.445. The molecule has 0 atom stereocenters. The zero-order valence-corrected chi connectivity index (χ0v) is 15.1. The minimum Gasteiger partial charge on any atom is -0.350 e. The maximum absolute atomic E-state index is 11.8. The van der Waals surface area contributed by atoms with Crippen LogP contribution in [0.25, 0.3) is 0 Å². The van der Waals surface area contributed by atoms with E-state index in [1.807, 2.05) is 41.5 Å². The number of amides is 1. The third-order valence-electron chi connectivity index (χ3n) is 2.68. The summed E-state index contributed by atoms with van der Waals surface area (Å²) in [5.74, 6) is 1.52. The summed E-state index contributed by atoms with van der Waals surface area (Å²) < 4.78 is 5.22. The molecule has 0 aliphatic heterocycles. The number of carbonyl (C=O) groups excluding carboxylic acids is 1. The largest absolute Gasteiger partial charge is 0.350 e. The first-order valence-corrected chi connectivity index (χ1v) is 7.60. The number of rotatable bonds is 4. The van der Waals surface area contributed by atoms with Crippen molar-refractivity contribution in [3.63, 3.8) is 0 Å². The van der Waals surface area contributed by atoms with Gasteiger partial charge in [0.15, 0.2) is 11.8 Å². The predicted molar refractivity (Wildman–Crippen MR) is 89.1 cm³/mol. The summed E-state index contributed by atoms with van der Waals surface area (Å²) in [6.45, 7) is 12.3. The van der Waals surface area contributed by atoms with Gasteiger partial charge in [0.25, 0.3) is 0 Å². The molecule has 1 rings (SSSR count). The van der Waals surface area contributed by atoms with E-state index in [1.165, 1.54) is 0 Å². The molecule has 0 aliphatic rings. The van der Waals surface area contributed by atoms with Crippen LogP contribution < -0.4 is 16.0 Å². The normalized spacial score (nSPS) is 12.9. The molecule has 0 unspecified atom stereocenters. The van der Waals surface area contributed by atoms with E-state index in [0.29, 0.717) is 24.2 Å². The van der Waals surface area contributed by atoms with Crippen molar-refractivity contribution in [2.75, 3.05) is 13.6 Å². The van der Waals surface area contributed by atoms with E-state index < -0.39 is 0 Å². The Hall–Kier alpha value is -2.12. The lowest BCUT2D eigenvalue weighted by atomic mass is 9.97. The van der Waals surface area contributed by atoms with Crippen LogP contribution in [0.5, 0.6) is 0 Å². The van der Waals surface area contributed by atoms with Crippen LogP contribution in [0.4, 0.5) is 0 Å². The molecule has 0 aromatic carbocycles. The minimum absolute atomic E-state index is 0.102. The highest BCUT2D eigenvalue weighted by molar-refractivity contribution is 5.86.